The van der Waals surface area contributed by atoms with E-state index in [2.05, 4.69) is 5.10 Å². The van der Waals surface area contributed by atoms with Crippen LogP contribution in [0.25, 0.3) is 5.69 Å². The number of benzene rings is 2. The van der Waals surface area contributed by atoms with E-state index in [1.54, 1.807) is 36.9 Å². The summed E-state index contributed by atoms with van der Waals surface area (Å²) in [4.78, 5) is 15.3. The predicted octanol–water partition coefficient (Wildman–Crippen LogP) is 4.09. The molecule has 0 N–H and O–H groups in total. The number of rotatable bonds is 5. The van der Waals surface area contributed by atoms with E-state index >= 15 is 0 Å². The first kappa shape index (κ1) is 19.4. The van der Waals surface area contributed by atoms with Gasteiger partial charge in [-0.25, -0.2) is 4.68 Å². The minimum Gasteiger partial charge on any atom is -0.497 e. The number of nitrogens with zero attached hydrogens (tertiary/aromatic N) is 3. The number of aromatic nitrogens is 2. The van der Waals surface area contributed by atoms with Crippen LogP contribution in [-0.4, -0.2) is 47.1 Å². The molecule has 4 rings (SSSR count). The van der Waals surface area contributed by atoms with Gasteiger partial charge >= 0.3 is 0 Å². The van der Waals surface area contributed by atoms with Crippen molar-refractivity contribution in [1.82, 2.24) is 14.7 Å². The van der Waals surface area contributed by atoms with Crippen LogP contribution in [0.3, 0.4) is 0 Å². The average Bonchev–Trinajstić information content (AvgIpc) is 3.40. The molecule has 1 aromatic heterocycles. The summed E-state index contributed by atoms with van der Waals surface area (Å²) in [6.45, 7) is 2.60. The summed E-state index contributed by atoms with van der Waals surface area (Å²) in [6, 6.07) is 15.5. The number of carbonyl (C=O) groups excluding carboxylic acids is 1. The van der Waals surface area contributed by atoms with Gasteiger partial charge in [0, 0.05) is 17.9 Å². The first-order valence-corrected chi connectivity index (χ1v) is 10.4. The van der Waals surface area contributed by atoms with Crippen molar-refractivity contribution >= 4 is 17.7 Å². The van der Waals surface area contributed by atoms with Crippen LogP contribution in [0.1, 0.15) is 27.0 Å². The first-order valence-electron chi connectivity index (χ1n) is 9.38. The highest BCUT2D eigenvalue weighted by Gasteiger charge is 2.34. The summed E-state index contributed by atoms with van der Waals surface area (Å²) in [6.07, 6.45) is 1.66. The average molecular weight is 410 g/mol. The molecular weight excluding hydrogens is 386 g/mol. The summed E-state index contributed by atoms with van der Waals surface area (Å²) in [5, 5.41) is 4.32. The van der Waals surface area contributed by atoms with E-state index in [9.17, 15) is 4.79 Å². The molecule has 1 atom stereocenters. The second kappa shape index (κ2) is 8.21. The van der Waals surface area contributed by atoms with Gasteiger partial charge < -0.3 is 14.4 Å². The van der Waals surface area contributed by atoms with Crippen molar-refractivity contribution in [2.45, 2.75) is 12.3 Å². The lowest BCUT2D eigenvalue weighted by Gasteiger charge is -2.25. The minimum atomic E-state index is -0.132. The Kier molecular flexibility index (Phi) is 5.49. The fourth-order valence-corrected chi connectivity index (χ4v) is 4.84. The number of thioether (sulfide) groups is 1. The van der Waals surface area contributed by atoms with E-state index in [0.717, 1.165) is 34.2 Å². The Morgan fingerprint density at radius 3 is 2.66 bits per heavy atom. The molecule has 2 aromatic carbocycles. The lowest BCUT2D eigenvalue weighted by atomic mass is 10.1. The second-order valence-electron chi connectivity index (χ2n) is 6.72. The standard InChI is InChI=1S/C22H23N3O3S/c1-15-19(14-23-25(15)16-7-5-4-6-8-16)21(26)24-11-12-29-22(24)18-13-17(27-2)9-10-20(18)28-3/h4-10,13-14,22H,11-12H2,1-3H3. The van der Waals surface area contributed by atoms with Crippen LogP contribution in [-0.2, 0) is 0 Å². The van der Waals surface area contributed by atoms with Gasteiger partial charge in [-0.15, -0.1) is 11.8 Å². The summed E-state index contributed by atoms with van der Waals surface area (Å²) < 4.78 is 12.7. The highest BCUT2D eigenvalue weighted by atomic mass is 32.2. The monoisotopic (exact) mass is 409 g/mol. The van der Waals surface area contributed by atoms with Crippen LogP contribution >= 0.6 is 11.8 Å². The van der Waals surface area contributed by atoms with E-state index in [4.69, 9.17) is 9.47 Å². The van der Waals surface area contributed by atoms with Crippen molar-refractivity contribution in [3.8, 4) is 17.2 Å². The van der Waals surface area contributed by atoms with Crippen LogP contribution in [0, 0.1) is 6.92 Å². The molecule has 1 amide bonds. The largest absolute Gasteiger partial charge is 0.497 e. The van der Waals surface area contributed by atoms with Gasteiger partial charge in [-0.1, -0.05) is 18.2 Å². The van der Waals surface area contributed by atoms with E-state index in [-0.39, 0.29) is 11.3 Å². The molecule has 6 nitrogen and oxygen atoms in total. The highest BCUT2D eigenvalue weighted by Crippen LogP contribution is 2.44. The number of hydrogen-bond donors (Lipinski definition) is 0. The molecule has 29 heavy (non-hydrogen) atoms. The molecule has 0 bridgehead atoms. The Balaban J connectivity index is 1.67. The minimum absolute atomic E-state index is 0.0236. The zero-order valence-corrected chi connectivity index (χ0v) is 17.5. The molecule has 2 heterocycles. The zero-order valence-electron chi connectivity index (χ0n) is 16.7. The number of hydrogen-bond acceptors (Lipinski definition) is 5. The molecule has 150 valence electrons. The molecule has 0 radical (unpaired) electrons. The Morgan fingerprint density at radius 2 is 1.93 bits per heavy atom. The maximum absolute atomic E-state index is 13.4. The predicted molar refractivity (Wildman–Crippen MR) is 114 cm³/mol. The second-order valence-corrected chi connectivity index (χ2v) is 7.91. The van der Waals surface area contributed by atoms with Crippen LogP contribution in [0.15, 0.2) is 54.7 Å². The molecule has 1 aliphatic rings. The Labute approximate surface area is 174 Å². The molecule has 0 saturated carbocycles. The lowest BCUT2D eigenvalue weighted by Crippen LogP contribution is -2.31. The smallest absolute Gasteiger partial charge is 0.258 e. The maximum Gasteiger partial charge on any atom is 0.258 e. The number of para-hydroxylation sites is 1. The molecule has 0 aliphatic carbocycles. The SMILES string of the molecule is COc1ccc(OC)c(C2SCCN2C(=O)c2cnn(-c3ccccc3)c2C)c1. The van der Waals surface area contributed by atoms with Gasteiger partial charge in [0.1, 0.15) is 16.9 Å². The Bertz CT molecular complexity index is 1020. The van der Waals surface area contributed by atoms with Crippen molar-refractivity contribution < 1.29 is 14.3 Å². The van der Waals surface area contributed by atoms with Gasteiger partial charge in [-0.3, -0.25) is 4.79 Å². The van der Waals surface area contributed by atoms with Crippen LogP contribution in [0.4, 0.5) is 0 Å². The van der Waals surface area contributed by atoms with E-state index in [1.807, 2.05) is 60.4 Å². The maximum atomic E-state index is 13.4. The van der Waals surface area contributed by atoms with Gasteiger partial charge in [-0.05, 0) is 37.3 Å². The Hall–Kier alpha value is -2.93. The lowest BCUT2D eigenvalue weighted by molar-refractivity contribution is 0.0758. The van der Waals surface area contributed by atoms with Crippen LogP contribution < -0.4 is 9.47 Å². The summed E-state index contributed by atoms with van der Waals surface area (Å²) in [5.74, 6) is 2.33. The van der Waals surface area contributed by atoms with Crippen molar-refractivity contribution in [1.29, 1.82) is 0 Å². The molecule has 7 heteroatoms. The summed E-state index contributed by atoms with van der Waals surface area (Å²) >= 11 is 1.73. The van der Waals surface area contributed by atoms with Crippen LogP contribution in [0.2, 0.25) is 0 Å². The molecule has 3 aromatic rings. The quantitative estimate of drug-likeness (QED) is 0.635. The zero-order chi connectivity index (χ0) is 20.4. The number of ether oxygens (including phenoxy) is 2. The van der Waals surface area contributed by atoms with E-state index < -0.39 is 0 Å². The third kappa shape index (κ3) is 3.58. The van der Waals surface area contributed by atoms with Crippen molar-refractivity contribution in [3.05, 3.63) is 71.5 Å². The number of amides is 1. The van der Waals surface area contributed by atoms with Gasteiger partial charge in [0.05, 0.1) is 37.4 Å². The van der Waals surface area contributed by atoms with Crippen LogP contribution in [0.5, 0.6) is 11.5 Å². The number of methoxy groups -OCH3 is 2. The molecule has 0 spiro atoms. The first-order chi connectivity index (χ1) is 14.1. The van der Waals surface area contributed by atoms with Crippen molar-refractivity contribution in [2.24, 2.45) is 0 Å². The topological polar surface area (TPSA) is 56.6 Å². The molecule has 1 unspecified atom stereocenters. The summed E-state index contributed by atoms with van der Waals surface area (Å²) in [5.41, 5.74) is 3.32. The van der Waals surface area contributed by atoms with Gasteiger partial charge in [0.15, 0.2) is 0 Å². The Morgan fingerprint density at radius 1 is 1.14 bits per heavy atom. The third-order valence-corrected chi connectivity index (χ3v) is 6.34. The van der Waals surface area contributed by atoms with Gasteiger partial charge in [0.25, 0.3) is 5.91 Å². The molecule has 1 saturated heterocycles. The molecule has 1 aliphatic heterocycles. The van der Waals surface area contributed by atoms with Crippen molar-refractivity contribution in [3.63, 3.8) is 0 Å². The fraction of sp³-hybridized carbons (Fsp3) is 0.273. The normalized spacial score (nSPS) is 16.1. The molecular formula is C22H23N3O3S. The van der Waals surface area contributed by atoms with Gasteiger partial charge in [0.2, 0.25) is 0 Å². The highest BCUT2D eigenvalue weighted by molar-refractivity contribution is 7.99. The molecule has 1 fully saturated rings. The number of carbonyl (C=O) groups is 1. The van der Waals surface area contributed by atoms with E-state index in [0.29, 0.717) is 12.1 Å². The fourth-order valence-electron chi connectivity index (χ4n) is 3.57. The third-order valence-electron chi connectivity index (χ3n) is 5.10. The van der Waals surface area contributed by atoms with E-state index in [1.165, 1.54) is 0 Å². The summed E-state index contributed by atoms with van der Waals surface area (Å²) in [7, 11) is 3.28. The van der Waals surface area contributed by atoms with Crippen molar-refractivity contribution in [2.75, 3.05) is 26.5 Å². The van der Waals surface area contributed by atoms with Gasteiger partial charge in [-0.2, -0.15) is 5.10 Å².